The molecule has 103 heavy (non-hydrogen) atoms. The first-order valence-corrected chi connectivity index (χ1v) is 32.2. The molecule has 584 valence electrons. The Morgan fingerprint density at radius 1 is 0.311 bits per heavy atom. The summed E-state index contributed by atoms with van der Waals surface area (Å²) in [6.45, 7) is 24.9. The molecular weight excluding hydrogens is 1380 g/mol. The van der Waals surface area contributed by atoms with Gasteiger partial charge in [0, 0.05) is 44.6 Å². The maximum Gasteiger partial charge on any atom is 0.333 e. The number of carbonyl (C=O) groups is 8. The maximum absolute atomic E-state index is 12.5. The van der Waals surface area contributed by atoms with Gasteiger partial charge in [-0.15, -0.1) is 0 Å². The van der Waals surface area contributed by atoms with E-state index in [1.165, 1.54) is 55.4 Å². The van der Waals surface area contributed by atoms with Crippen LogP contribution >= 0.6 is 0 Å². The van der Waals surface area contributed by atoms with E-state index in [2.05, 4.69) is 52.6 Å². The van der Waals surface area contributed by atoms with Crippen LogP contribution in [0.3, 0.4) is 0 Å². The molecule has 35 heteroatoms. The highest BCUT2D eigenvalue weighted by atomic mass is 16.8. The highest BCUT2D eigenvalue weighted by Crippen LogP contribution is 2.39. The molecule has 2 rings (SSSR count). The fourth-order valence-electron chi connectivity index (χ4n) is 8.30. The molecule has 2 aliphatic rings. The molecular formula is C68H102O35. The molecule has 0 aliphatic carbocycles. The first kappa shape index (κ1) is 92.0. The summed E-state index contributed by atoms with van der Waals surface area (Å²) in [5.41, 5.74) is -0.237. The minimum absolute atomic E-state index is 0.00844. The number of esters is 8. The van der Waals surface area contributed by atoms with Gasteiger partial charge in [0.05, 0.1) is 66.1 Å². The summed E-state index contributed by atoms with van der Waals surface area (Å²) in [5.74, 6) is -9.67. The van der Waals surface area contributed by atoms with E-state index in [1.807, 2.05) is 0 Å². The third-order valence-corrected chi connectivity index (χ3v) is 13.6. The van der Waals surface area contributed by atoms with Crippen molar-refractivity contribution in [3.05, 3.63) is 97.2 Å². The third-order valence-electron chi connectivity index (χ3n) is 13.6. The molecule has 0 amide bonds. The van der Waals surface area contributed by atoms with Crippen LogP contribution in [0.2, 0.25) is 0 Å². The Labute approximate surface area is 596 Å². The largest absolute Gasteiger partial charge is 0.460 e. The Hall–Kier alpha value is -7.08. The predicted octanol–water partition coefficient (Wildman–Crippen LogP) is -1.36. The van der Waals surface area contributed by atoms with Gasteiger partial charge in [-0.05, 0) is 55.4 Å². The average Bonchev–Trinajstić information content (AvgIpc) is 1.64. The van der Waals surface area contributed by atoms with Crippen molar-refractivity contribution >= 4 is 47.8 Å². The molecule has 0 saturated carbocycles. The minimum Gasteiger partial charge on any atom is -0.460 e. The van der Waals surface area contributed by atoms with Crippen LogP contribution in [0, 0.1) is 0 Å². The van der Waals surface area contributed by atoms with Gasteiger partial charge in [-0.25, -0.2) is 38.4 Å². The van der Waals surface area contributed by atoms with Crippen LogP contribution in [-0.4, -0.2) is 318 Å². The highest BCUT2D eigenvalue weighted by molar-refractivity contribution is 5.89. The van der Waals surface area contributed by atoms with Crippen molar-refractivity contribution in [2.24, 2.45) is 0 Å². The zero-order valence-electron chi connectivity index (χ0n) is 59.4. The highest BCUT2D eigenvalue weighted by Gasteiger charge is 2.60. The molecule has 2 aliphatic heterocycles. The van der Waals surface area contributed by atoms with Gasteiger partial charge >= 0.3 is 47.8 Å². The van der Waals surface area contributed by atoms with Crippen LogP contribution < -0.4 is 0 Å². The lowest BCUT2D eigenvalue weighted by atomic mass is 9.97. The molecule has 8 unspecified atom stereocenters. The molecule has 8 N–H and O–H groups in total. The third kappa shape index (κ3) is 35.0. The number of rotatable bonds is 53. The van der Waals surface area contributed by atoms with Crippen LogP contribution in [0.5, 0.6) is 0 Å². The first-order valence-electron chi connectivity index (χ1n) is 32.2. The van der Waals surface area contributed by atoms with Gasteiger partial charge in [0.25, 0.3) is 0 Å². The number of hydrogen-bond donors (Lipinski definition) is 8. The van der Waals surface area contributed by atoms with E-state index in [9.17, 15) is 79.2 Å². The van der Waals surface area contributed by atoms with E-state index in [0.717, 1.165) is 0 Å². The lowest BCUT2D eigenvalue weighted by molar-refractivity contribution is -0.337. The topological polar surface area (TPSA) is 474 Å². The lowest BCUT2D eigenvalue weighted by Gasteiger charge is -2.46. The van der Waals surface area contributed by atoms with Crippen molar-refractivity contribution in [2.45, 2.75) is 159 Å². The van der Waals surface area contributed by atoms with Crippen LogP contribution in [0.4, 0.5) is 0 Å². The number of aliphatic hydroxyl groups excluding tert-OH is 8. The molecule has 0 aromatic heterocycles. The number of aliphatic hydroxyl groups is 8. The number of carbonyl (C=O) groups excluding carboxylic acids is 8. The summed E-state index contributed by atoms with van der Waals surface area (Å²) >= 11 is 0. The number of hydrogen-bond acceptors (Lipinski definition) is 35. The van der Waals surface area contributed by atoms with Crippen molar-refractivity contribution in [1.82, 2.24) is 0 Å². The number of ether oxygens (including phenoxy) is 19. The second-order valence-corrected chi connectivity index (χ2v) is 24.4. The van der Waals surface area contributed by atoms with Crippen molar-refractivity contribution in [1.29, 1.82) is 0 Å². The van der Waals surface area contributed by atoms with Crippen LogP contribution in [-0.2, 0) is 128 Å². The summed E-state index contributed by atoms with van der Waals surface area (Å²) in [7, 11) is 0. The van der Waals surface area contributed by atoms with Crippen molar-refractivity contribution in [3.8, 4) is 0 Å². The summed E-state index contributed by atoms with van der Waals surface area (Å²) in [6, 6.07) is 0. The van der Waals surface area contributed by atoms with E-state index in [0.29, 0.717) is 0 Å². The predicted molar refractivity (Wildman–Crippen MR) is 353 cm³/mol. The molecule has 0 radical (unpaired) electrons. The van der Waals surface area contributed by atoms with Crippen LogP contribution in [0.15, 0.2) is 97.2 Å². The quantitative estimate of drug-likeness (QED) is 0.0198. The van der Waals surface area contributed by atoms with Crippen molar-refractivity contribution < 1.29 is 169 Å². The van der Waals surface area contributed by atoms with E-state index >= 15 is 0 Å². The second-order valence-electron chi connectivity index (χ2n) is 24.4. The first-order chi connectivity index (χ1) is 48.3. The van der Waals surface area contributed by atoms with Gasteiger partial charge in [0.15, 0.2) is 6.29 Å². The van der Waals surface area contributed by atoms with Crippen molar-refractivity contribution in [2.75, 3.05) is 126 Å². The average molecular weight is 1480 g/mol. The minimum atomic E-state index is -2.53. The smallest absolute Gasteiger partial charge is 0.333 e. The Balaban J connectivity index is 3.15. The van der Waals surface area contributed by atoms with E-state index in [1.54, 1.807) is 0 Å². The fourth-order valence-corrected chi connectivity index (χ4v) is 8.30. The Bertz CT molecular complexity index is 2870. The van der Waals surface area contributed by atoms with Gasteiger partial charge in [0.1, 0.15) is 151 Å². The lowest BCUT2D eigenvalue weighted by Crippen LogP contribution is -2.63. The van der Waals surface area contributed by atoms with Crippen LogP contribution in [0.25, 0.3) is 0 Å². The SMILES string of the molecule is C=C(C)C(=O)OCC(O)COC[C@H]1O[C@H](OC[C@H]2O[C@@](COCC(O)COC(=O)C(=C)C)(OCC(O)COC(=O)C(=C)C)[C@@H](OCC(O)COC(=O)C(=C)C)[C@@H]2OCC(O)COC(=O)C(=C)C)[C@H](OCC(O)COC(=O)C(=C)C)[C@@H](OCC(O)COC(=O)C(=C)C)[C@@H]1OCC(O)COC(=O)C(=C)C. The van der Waals surface area contributed by atoms with Gasteiger partial charge in [-0.2, -0.15) is 0 Å². The van der Waals surface area contributed by atoms with Gasteiger partial charge in [0.2, 0.25) is 5.79 Å². The summed E-state index contributed by atoms with van der Waals surface area (Å²) in [6.07, 6.45) is -27.2. The summed E-state index contributed by atoms with van der Waals surface area (Å²) in [4.78, 5) is 99.6. The molecule has 0 bridgehead atoms. The Morgan fingerprint density at radius 3 is 0.913 bits per heavy atom. The second kappa shape index (κ2) is 47.4. The molecule has 35 nitrogen and oxygen atoms in total. The molecule has 2 fully saturated rings. The molecule has 0 aromatic carbocycles. The van der Waals surface area contributed by atoms with Gasteiger partial charge < -0.3 is 131 Å². The maximum atomic E-state index is 12.5. The van der Waals surface area contributed by atoms with Gasteiger partial charge in [-0.3, -0.25) is 0 Å². The molecule has 2 heterocycles. The van der Waals surface area contributed by atoms with Crippen LogP contribution in [0.1, 0.15) is 55.4 Å². The standard InChI is InChI=1S/C68H102O35/c1-36(2)59(77)92-24-44(69)17-85-33-52-54(87-19-46(71)26-94-61(79)38(5)6)56(89-21-48(73)28-96-63(81)40(9)10)57(90-22-49(74)29-97-64(82)41(11)12)67(102-52)100-34-53-55(88-20-47(72)27-95-62(80)39(7)8)58(91-23-50(75)30-98-65(83)42(13)14)68(103-53,101-32-51(76)31-99-66(84)43(15)16)35-86-18-45(70)25-93-60(78)37(3)4/h44-58,67,69-76H,1,3,5,7,9,11,13,15,17-35H2,2,4,6,8,10,12,14,16H3/t44?,45?,46?,47?,48?,49?,50?,51?,52-,53-,54-,55-,56+,57-,58+,67+,68-/m1/s1. The van der Waals surface area contributed by atoms with Crippen molar-refractivity contribution in [3.63, 3.8) is 0 Å². The van der Waals surface area contributed by atoms with E-state index < -0.39 is 277 Å². The van der Waals surface area contributed by atoms with E-state index in [-0.39, 0.29) is 44.6 Å². The zero-order valence-corrected chi connectivity index (χ0v) is 59.4. The molecule has 0 aromatic rings. The molecule has 0 spiro atoms. The summed E-state index contributed by atoms with van der Waals surface area (Å²) < 4.78 is 111. The van der Waals surface area contributed by atoms with E-state index in [4.69, 9.17) is 90.0 Å². The van der Waals surface area contributed by atoms with Gasteiger partial charge in [-0.1, -0.05) is 52.6 Å². The monoisotopic (exact) mass is 1480 g/mol. The Morgan fingerprint density at radius 2 is 0.583 bits per heavy atom. The molecule has 2 saturated heterocycles. The fraction of sp³-hybridized carbons (Fsp3) is 0.647. The molecule has 17 atom stereocenters. The normalized spacial score (nSPS) is 22.4. The zero-order chi connectivity index (χ0) is 77.8. The summed E-state index contributed by atoms with van der Waals surface area (Å²) in [5, 5.41) is 89.8. The Kier molecular flexibility index (Phi) is 42.3.